The fourth-order valence-electron chi connectivity index (χ4n) is 2.52. The Bertz CT molecular complexity index is 762. The van der Waals surface area contributed by atoms with E-state index in [9.17, 15) is 0 Å². The molecule has 0 spiro atoms. The third-order valence-corrected chi connectivity index (χ3v) is 3.71. The number of aromatic nitrogens is 4. The third kappa shape index (κ3) is 2.76. The summed E-state index contributed by atoms with van der Waals surface area (Å²) in [6, 6.07) is 6.17. The van der Waals surface area contributed by atoms with Crippen molar-refractivity contribution in [3.63, 3.8) is 0 Å². The molecule has 0 bridgehead atoms. The number of halogens is 1. The van der Waals surface area contributed by atoms with Gasteiger partial charge in [-0.3, -0.25) is 9.97 Å². The summed E-state index contributed by atoms with van der Waals surface area (Å²) < 4.78 is 2.20. The Morgan fingerprint density at radius 2 is 2.00 bits per heavy atom. The lowest BCUT2D eigenvalue weighted by Gasteiger charge is -2.09. The maximum absolute atomic E-state index is 5.92. The topological polar surface area (TPSA) is 43.6 Å². The second kappa shape index (κ2) is 5.82. The number of hydrogen-bond donors (Lipinski definition) is 0. The quantitative estimate of drug-likeness (QED) is 0.695. The van der Waals surface area contributed by atoms with E-state index in [1.54, 1.807) is 6.20 Å². The summed E-state index contributed by atoms with van der Waals surface area (Å²) >= 11 is 5.92. The molecule has 3 aromatic rings. The molecule has 1 aromatic carbocycles. The SMILES string of the molecule is Cc1cnc(Cn2c(CCCl)nc3cccc(C)c32)cn1. The van der Waals surface area contributed by atoms with Crippen LogP contribution < -0.4 is 0 Å². The van der Waals surface area contributed by atoms with Crippen LogP contribution in [0.3, 0.4) is 0 Å². The van der Waals surface area contributed by atoms with Crippen molar-refractivity contribution in [2.45, 2.75) is 26.8 Å². The summed E-state index contributed by atoms with van der Waals surface area (Å²) in [6.07, 6.45) is 4.36. The minimum Gasteiger partial charge on any atom is -0.322 e. The first-order valence-electron chi connectivity index (χ1n) is 6.97. The van der Waals surface area contributed by atoms with Crippen LogP contribution in [-0.2, 0) is 13.0 Å². The van der Waals surface area contributed by atoms with Crippen molar-refractivity contribution < 1.29 is 0 Å². The average Bonchev–Trinajstić information content (AvgIpc) is 2.81. The van der Waals surface area contributed by atoms with Gasteiger partial charge in [-0.15, -0.1) is 11.6 Å². The molecule has 0 N–H and O–H groups in total. The van der Waals surface area contributed by atoms with Crippen molar-refractivity contribution in [3.05, 3.63) is 53.4 Å². The van der Waals surface area contributed by atoms with Gasteiger partial charge in [-0.05, 0) is 25.5 Å². The second-order valence-electron chi connectivity index (χ2n) is 5.14. The van der Waals surface area contributed by atoms with Crippen LogP contribution >= 0.6 is 11.6 Å². The molecule has 21 heavy (non-hydrogen) atoms. The number of hydrogen-bond acceptors (Lipinski definition) is 3. The lowest BCUT2D eigenvalue weighted by molar-refractivity contribution is 0.731. The highest BCUT2D eigenvalue weighted by Crippen LogP contribution is 2.21. The number of aryl methyl sites for hydroxylation is 3. The normalized spacial score (nSPS) is 11.2. The maximum Gasteiger partial charge on any atom is 0.111 e. The van der Waals surface area contributed by atoms with Gasteiger partial charge < -0.3 is 4.57 Å². The van der Waals surface area contributed by atoms with E-state index in [-0.39, 0.29) is 0 Å². The summed E-state index contributed by atoms with van der Waals surface area (Å²) in [6.45, 7) is 4.71. The smallest absolute Gasteiger partial charge is 0.111 e. The van der Waals surface area contributed by atoms with E-state index in [0.717, 1.165) is 34.7 Å². The van der Waals surface area contributed by atoms with Gasteiger partial charge in [-0.1, -0.05) is 12.1 Å². The van der Waals surface area contributed by atoms with Crippen LogP contribution in [0.1, 0.15) is 22.8 Å². The zero-order chi connectivity index (χ0) is 14.8. The molecule has 0 saturated carbocycles. The van der Waals surface area contributed by atoms with Crippen LogP contribution in [0, 0.1) is 13.8 Å². The Morgan fingerprint density at radius 1 is 1.14 bits per heavy atom. The highest BCUT2D eigenvalue weighted by atomic mass is 35.5. The zero-order valence-electron chi connectivity index (χ0n) is 12.2. The maximum atomic E-state index is 5.92. The first-order valence-corrected chi connectivity index (χ1v) is 7.50. The molecular weight excluding hydrogens is 284 g/mol. The molecule has 0 radical (unpaired) electrons. The molecule has 0 amide bonds. The van der Waals surface area contributed by atoms with E-state index in [1.165, 1.54) is 5.56 Å². The molecule has 0 atom stereocenters. The first-order chi connectivity index (χ1) is 10.2. The van der Waals surface area contributed by atoms with Gasteiger partial charge in [0.25, 0.3) is 0 Å². The van der Waals surface area contributed by atoms with Crippen LogP contribution in [0.25, 0.3) is 11.0 Å². The van der Waals surface area contributed by atoms with Crippen LogP contribution in [0.15, 0.2) is 30.6 Å². The number of rotatable bonds is 4. The van der Waals surface area contributed by atoms with Crippen molar-refractivity contribution in [2.24, 2.45) is 0 Å². The number of nitrogens with zero attached hydrogens (tertiary/aromatic N) is 4. The van der Waals surface area contributed by atoms with E-state index >= 15 is 0 Å². The van der Waals surface area contributed by atoms with Crippen LogP contribution in [0.5, 0.6) is 0 Å². The van der Waals surface area contributed by atoms with E-state index in [2.05, 4.69) is 27.5 Å². The van der Waals surface area contributed by atoms with E-state index in [1.807, 2.05) is 25.3 Å². The van der Waals surface area contributed by atoms with Gasteiger partial charge in [0.2, 0.25) is 0 Å². The van der Waals surface area contributed by atoms with E-state index in [4.69, 9.17) is 16.6 Å². The van der Waals surface area contributed by atoms with Gasteiger partial charge in [-0.2, -0.15) is 0 Å². The van der Waals surface area contributed by atoms with Crippen molar-refractivity contribution in [1.82, 2.24) is 19.5 Å². The Labute approximate surface area is 128 Å². The fraction of sp³-hybridized carbons (Fsp3) is 0.312. The molecule has 0 fully saturated rings. The van der Waals surface area contributed by atoms with Gasteiger partial charge in [0.05, 0.1) is 35.2 Å². The predicted molar refractivity (Wildman–Crippen MR) is 84.8 cm³/mol. The molecule has 3 rings (SSSR count). The zero-order valence-corrected chi connectivity index (χ0v) is 12.9. The molecular formula is C16H17ClN4. The van der Waals surface area contributed by atoms with Crippen molar-refractivity contribution >= 4 is 22.6 Å². The highest BCUT2D eigenvalue weighted by Gasteiger charge is 2.13. The van der Waals surface area contributed by atoms with Gasteiger partial charge in [0.15, 0.2) is 0 Å². The van der Waals surface area contributed by atoms with Gasteiger partial charge in [0.1, 0.15) is 5.82 Å². The molecule has 0 aliphatic heterocycles. The lowest BCUT2D eigenvalue weighted by Crippen LogP contribution is -2.08. The number of benzene rings is 1. The molecule has 0 saturated heterocycles. The van der Waals surface area contributed by atoms with Gasteiger partial charge >= 0.3 is 0 Å². The van der Waals surface area contributed by atoms with Crippen molar-refractivity contribution in [1.29, 1.82) is 0 Å². The van der Waals surface area contributed by atoms with Crippen molar-refractivity contribution in [3.8, 4) is 0 Å². The molecule has 4 nitrogen and oxygen atoms in total. The molecule has 108 valence electrons. The molecule has 0 aliphatic rings. The molecule has 0 aliphatic carbocycles. The Hall–Kier alpha value is -1.94. The van der Waals surface area contributed by atoms with Crippen LogP contribution in [-0.4, -0.2) is 25.4 Å². The Morgan fingerprint density at radius 3 is 2.71 bits per heavy atom. The highest BCUT2D eigenvalue weighted by molar-refractivity contribution is 6.17. The predicted octanol–water partition coefficient (Wildman–Crippen LogP) is 3.27. The van der Waals surface area contributed by atoms with Crippen molar-refractivity contribution in [2.75, 3.05) is 5.88 Å². The Kier molecular flexibility index (Phi) is 3.88. The summed E-state index contributed by atoms with van der Waals surface area (Å²) in [5.74, 6) is 1.55. The Balaban J connectivity index is 2.10. The summed E-state index contributed by atoms with van der Waals surface area (Å²) in [7, 11) is 0. The summed E-state index contributed by atoms with van der Waals surface area (Å²) in [4.78, 5) is 13.5. The molecule has 0 unspecified atom stereocenters. The lowest BCUT2D eigenvalue weighted by atomic mass is 10.2. The third-order valence-electron chi connectivity index (χ3n) is 3.52. The number of alkyl halides is 1. The minimum atomic E-state index is 0.557. The summed E-state index contributed by atoms with van der Waals surface area (Å²) in [5.41, 5.74) is 5.22. The second-order valence-corrected chi connectivity index (χ2v) is 5.52. The largest absolute Gasteiger partial charge is 0.322 e. The summed E-state index contributed by atoms with van der Waals surface area (Å²) in [5, 5.41) is 0. The van der Waals surface area contributed by atoms with E-state index in [0.29, 0.717) is 12.4 Å². The first kappa shape index (κ1) is 14.0. The number of fused-ring (bicyclic) bond motifs is 1. The van der Waals surface area contributed by atoms with Gasteiger partial charge in [-0.25, -0.2) is 4.98 Å². The monoisotopic (exact) mass is 300 g/mol. The number of para-hydroxylation sites is 1. The molecule has 5 heteroatoms. The van der Waals surface area contributed by atoms with Crippen LogP contribution in [0.4, 0.5) is 0 Å². The number of imidazole rings is 1. The van der Waals surface area contributed by atoms with Crippen LogP contribution in [0.2, 0.25) is 0 Å². The van der Waals surface area contributed by atoms with E-state index < -0.39 is 0 Å². The standard InChI is InChI=1S/C16H17ClN4/c1-11-4-3-5-14-16(11)21(15(20-14)6-7-17)10-13-9-18-12(2)8-19-13/h3-5,8-9H,6-7,10H2,1-2H3. The molecule has 2 heterocycles. The minimum absolute atomic E-state index is 0.557. The van der Waals surface area contributed by atoms with Gasteiger partial charge in [0, 0.05) is 18.5 Å². The fourth-order valence-corrected chi connectivity index (χ4v) is 2.69. The average molecular weight is 301 g/mol. The molecule has 2 aromatic heterocycles.